The highest BCUT2D eigenvalue weighted by Gasteiger charge is 2.17. The molecular formula is C20H28F2N6O. The van der Waals surface area contributed by atoms with Gasteiger partial charge in [0.2, 0.25) is 0 Å². The third-order valence-electron chi connectivity index (χ3n) is 5.13. The summed E-state index contributed by atoms with van der Waals surface area (Å²) >= 11 is 0. The largest absolute Gasteiger partial charge is 0.434 e. The predicted molar refractivity (Wildman–Crippen MR) is 107 cm³/mol. The molecule has 158 valence electrons. The molecule has 2 N–H and O–H groups in total. The molecule has 0 unspecified atom stereocenters. The summed E-state index contributed by atoms with van der Waals surface area (Å²) in [5.41, 5.74) is 1.58. The van der Waals surface area contributed by atoms with Crippen LogP contribution in [0.1, 0.15) is 48.5 Å². The lowest BCUT2D eigenvalue weighted by Crippen LogP contribution is -2.42. The summed E-state index contributed by atoms with van der Waals surface area (Å²) in [5.74, 6) is 2.40. The third-order valence-corrected chi connectivity index (χ3v) is 5.13. The molecule has 1 fully saturated rings. The molecule has 1 heterocycles. The molecule has 0 spiro atoms. The Morgan fingerprint density at radius 2 is 2.03 bits per heavy atom. The zero-order valence-electron chi connectivity index (χ0n) is 17.1. The average molecular weight is 406 g/mol. The van der Waals surface area contributed by atoms with Crippen molar-refractivity contribution in [1.29, 1.82) is 0 Å². The highest BCUT2D eigenvalue weighted by Crippen LogP contribution is 2.23. The number of alkyl halides is 2. The molecule has 0 saturated heterocycles. The van der Waals surface area contributed by atoms with Gasteiger partial charge >= 0.3 is 6.61 Å². The van der Waals surface area contributed by atoms with Crippen molar-refractivity contribution < 1.29 is 13.5 Å². The molecule has 1 saturated carbocycles. The molecule has 1 aromatic carbocycles. The van der Waals surface area contributed by atoms with Crippen molar-refractivity contribution in [2.24, 2.45) is 12.0 Å². The van der Waals surface area contributed by atoms with E-state index in [1.807, 2.05) is 31.5 Å². The molecule has 9 heteroatoms. The van der Waals surface area contributed by atoms with Gasteiger partial charge in [-0.15, -0.1) is 10.2 Å². The van der Waals surface area contributed by atoms with Crippen molar-refractivity contribution in [1.82, 2.24) is 25.4 Å². The minimum absolute atomic E-state index is 0.151. The number of benzene rings is 1. The smallest absolute Gasteiger partial charge is 0.387 e. The molecule has 0 bridgehead atoms. The molecule has 0 aliphatic heterocycles. The van der Waals surface area contributed by atoms with Gasteiger partial charge in [-0.05, 0) is 32.8 Å². The second kappa shape index (κ2) is 9.67. The third kappa shape index (κ3) is 5.88. The Hall–Kier alpha value is -2.71. The first-order valence-electron chi connectivity index (χ1n) is 9.86. The Balaban J connectivity index is 1.75. The lowest BCUT2D eigenvalue weighted by molar-refractivity contribution is -0.0504. The molecule has 1 aliphatic carbocycles. The fraction of sp³-hybridized carbons (Fsp3) is 0.550. The van der Waals surface area contributed by atoms with E-state index in [1.165, 1.54) is 12.8 Å². The van der Waals surface area contributed by atoms with E-state index in [0.717, 1.165) is 30.1 Å². The van der Waals surface area contributed by atoms with E-state index in [1.54, 1.807) is 12.1 Å². The van der Waals surface area contributed by atoms with E-state index in [-0.39, 0.29) is 12.3 Å². The van der Waals surface area contributed by atoms with Crippen LogP contribution in [0, 0.1) is 13.8 Å². The predicted octanol–water partition coefficient (Wildman–Crippen LogP) is 3.21. The monoisotopic (exact) mass is 406 g/mol. The van der Waals surface area contributed by atoms with E-state index in [2.05, 4.69) is 30.6 Å². The number of aliphatic imine (C=N–C) groups is 1. The van der Waals surface area contributed by atoms with Crippen LogP contribution in [-0.4, -0.2) is 33.4 Å². The number of aryl methyl sites for hydroxylation is 2. The molecule has 0 atom stereocenters. The molecule has 7 nitrogen and oxygen atoms in total. The van der Waals surface area contributed by atoms with Crippen molar-refractivity contribution in [3.05, 3.63) is 41.0 Å². The lowest BCUT2D eigenvalue weighted by Gasteiger charge is -2.18. The van der Waals surface area contributed by atoms with Crippen LogP contribution in [-0.2, 0) is 20.1 Å². The maximum absolute atomic E-state index is 12.7. The number of ether oxygens (including phenoxy) is 1. The fourth-order valence-corrected chi connectivity index (χ4v) is 3.39. The Bertz CT molecular complexity index is 845. The van der Waals surface area contributed by atoms with Gasteiger partial charge in [0.15, 0.2) is 11.8 Å². The van der Waals surface area contributed by atoms with Gasteiger partial charge in [0, 0.05) is 18.7 Å². The number of rotatable bonds is 7. The summed E-state index contributed by atoms with van der Waals surface area (Å²) in [6.45, 7) is 1.62. The first-order chi connectivity index (χ1) is 13.9. The number of hydrogen-bond donors (Lipinski definition) is 2. The van der Waals surface area contributed by atoms with E-state index in [4.69, 9.17) is 0 Å². The van der Waals surface area contributed by atoms with Crippen LogP contribution >= 0.6 is 0 Å². The summed E-state index contributed by atoms with van der Waals surface area (Å²) < 4.78 is 32.0. The van der Waals surface area contributed by atoms with Crippen LogP contribution < -0.4 is 15.4 Å². The van der Waals surface area contributed by atoms with E-state index < -0.39 is 6.61 Å². The van der Waals surface area contributed by atoms with Crippen LogP contribution in [0.4, 0.5) is 8.78 Å². The summed E-state index contributed by atoms with van der Waals surface area (Å²) in [4.78, 5) is 4.63. The number of halogens is 2. The Kier molecular flexibility index (Phi) is 7.00. The Morgan fingerprint density at radius 3 is 2.69 bits per heavy atom. The molecule has 1 aromatic heterocycles. The number of hydrogen-bond acceptors (Lipinski definition) is 4. The first-order valence-corrected chi connectivity index (χ1v) is 9.86. The molecule has 2 aromatic rings. The summed E-state index contributed by atoms with van der Waals surface area (Å²) in [7, 11) is 1.91. The summed E-state index contributed by atoms with van der Waals surface area (Å²) in [6, 6.07) is 5.49. The normalized spacial score (nSPS) is 15.2. The van der Waals surface area contributed by atoms with Crippen LogP contribution in [0.15, 0.2) is 23.2 Å². The van der Waals surface area contributed by atoms with Gasteiger partial charge in [0.25, 0.3) is 0 Å². The van der Waals surface area contributed by atoms with Gasteiger partial charge in [-0.3, -0.25) is 0 Å². The van der Waals surface area contributed by atoms with E-state index >= 15 is 0 Å². The zero-order chi connectivity index (χ0) is 20.8. The highest BCUT2D eigenvalue weighted by molar-refractivity contribution is 5.80. The Labute approximate surface area is 169 Å². The minimum atomic E-state index is -2.87. The standard InChI is InChI=1S/C20H28F2N6O/c1-13-8-9-17(29-19(21)22)15(10-13)11-23-20(25-16-6-4-5-7-16)24-12-18-27-26-14(2)28(18)3/h8-10,16,19H,4-7,11-12H2,1-3H3,(H2,23,24,25). The molecule has 29 heavy (non-hydrogen) atoms. The first kappa shape index (κ1) is 21.0. The van der Waals surface area contributed by atoms with Crippen molar-refractivity contribution in [3.63, 3.8) is 0 Å². The quantitative estimate of drug-likeness (QED) is 0.546. The van der Waals surface area contributed by atoms with Crippen LogP contribution in [0.5, 0.6) is 5.75 Å². The summed E-state index contributed by atoms with van der Waals surface area (Å²) in [6.07, 6.45) is 4.57. The van der Waals surface area contributed by atoms with Gasteiger partial charge in [-0.1, -0.05) is 30.5 Å². The molecule has 3 rings (SSSR count). The van der Waals surface area contributed by atoms with Crippen LogP contribution in [0.25, 0.3) is 0 Å². The zero-order valence-corrected chi connectivity index (χ0v) is 17.1. The average Bonchev–Trinajstić information content (AvgIpc) is 3.30. The van der Waals surface area contributed by atoms with Gasteiger partial charge < -0.3 is 19.9 Å². The SMILES string of the molecule is Cc1ccc(OC(F)F)c(CN=C(NCc2nnc(C)n2C)NC2CCCC2)c1. The van der Waals surface area contributed by atoms with Gasteiger partial charge in [0.1, 0.15) is 11.6 Å². The molecular weight excluding hydrogens is 378 g/mol. The number of nitrogens with one attached hydrogen (secondary N) is 2. The highest BCUT2D eigenvalue weighted by atomic mass is 19.3. The topological polar surface area (TPSA) is 76.4 Å². The second-order valence-electron chi connectivity index (χ2n) is 7.36. The van der Waals surface area contributed by atoms with Crippen molar-refractivity contribution in [3.8, 4) is 5.75 Å². The number of nitrogens with zero attached hydrogens (tertiary/aromatic N) is 4. The van der Waals surface area contributed by atoms with Gasteiger partial charge in [-0.25, -0.2) is 4.99 Å². The van der Waals surface area contributed by atoms with Crippen LogP contribution in [0.3, 0.4) is 0 Å². The van der Waals surface area contributed by atoms with Crippen molar-refractivity contribution in [2.75, 3.05) is 0 Å². The number of aromatic nitrogens is 3. The van der Waals surface area contributed by atoms with Crippen molar-refractivity contribution >= 4 is 5.96 Å². The number of guanidine groups is 1. The minimum Gasteiger partial charge on any atom is -0.434 e. The Morgan fingerprint density at radius 1 is 1.28 bits per heavy atom. The maximum Gasteiger partial charge on any atom is 0.387 e. The lowest BCUT2D eigenvalue weighted by atomic mass is 10.1. The molecule has 0 radical (unpaired) electrons. The molecule has 1 aliphatic rings. The molecule has 0 amide bonds. The maximum atomic E-state index is 12.7. The van der Waals surface area contributed by atoms with E-state index in [9.17, 15) is 8.78 Å². The van der Waals surface area contributed by atoms with Gasteiger partial charge in [-0.2, -0.15) is 8.78 Å². The van der Waals surface area contributed by atoms with Crippen molar-refractivity contribution in [2.45, 2.75) is 65.3 Å². The second-order valence-corrected chi connectivity index (χ2v) is 7.36. The van der Waals surface area contributed by atoms with Crippen LogP contribution in [0.2, 0.25) is 0 Å². The van der Waals surface area contributed by atoms with Gasteiger partial charge in [0.05, 0.1) is 13.1 Å². The van der Waals surface area contributed by atoms with E-state index in [0.29, 0.717) is 24.1 Å². The fourth-order valence-electron chi connectivity index (χ4n) is 3.39. The summed E-state index contributed by atoms with van der Waals surface area (Å²) in [5, 5.41) is 15.0.